The number of aryl methyl sites for hydroxylation is 2. The summed E-state index contributed by atoms with van der Waals surface area (Å²) in [4.78, 5) is 26.6. The van der Waals surface area contributed by atoms with E-state index >= 15 is 0 Å². The molecule has 0 radical (unpaired) electrons. The zero-order valence-electron chi connectivity index (χ0n) is 13.0. The topological polar surface area (TPSA) is 55.8 Å². The molecule has 1 aliphatic rings. The van der Waals surface area contributed by atoms with Crippen LogP contribution in [0.4, 0.5) is 5.69 Å². The van der Waals surface area contributed by atoms with E-state index in [0.29, 0.717) is 23.8 Å². The lowest BCUT2D eigenvalue weighted by Gasteiger charge is -2.29. The number of amides is 1. The Bertz CT molecular complexity index is 753. The Morgan fingerprint density at radius 2 is 2.13 bits per heavy atom. The number of rotatable bonds is 3. The molecule has 3 rings (SSSR count). The summed E-state index contributed by atoms with van der Waals surface area (Å²) in [5.74, 6) is -0.0260. The first-order valence-electron chi connectivity index (χ1n) is 7.31. The molecule has 6 heteroatoms. The minimum atomic E-state index is -0.455. The normalized spacial score (nSPS) is 13.2. The second kappa shape index (κ2) is 6.42. The van der Waals surface area contributed by atoms with Crippen LogP contribution < -0.4 is 9.64 Å². The number of ether oxygens (including phenoxy) is 2. The first-order valence-corrected chi connectivity index (χ1v) is 8.19. The number of carbonyl (C=O) groups excluding carboxylic acids is 2. The van der Waals surface area contributed by atoms with Crippen LogP contribution in [0.15, 0.2) is 29.6 Å². The summed E-state index contributed by atoms with van der Waals surface area (Å²) in [6.07, 6.45) is 0. The average Bonchev–Trinajstić information content (AvgIpc) is 2.97. The number of hydrogen-bond acceptors (Lipinski definition) is 5. The van der Waals surface area contributed by atoms with Crippen LogP contribution in [-0.4, -0.2) is 31.6 Å². The van der Waals surface area contributed by atoms with E-state index in [9.17, 15) is 9.59 Å². The van der Waals surface area contributed by atoms with E-state index in [4.69, 9.17) is 9.47 Å². The third-order valence-corrected chi connectivity index (χ3v) is 4.65. The molecular formula is C17H17NO4S. The monoisotopic (exact) mass is 331 g/mol. The molecule has 120 valence electrons. The van der Waals surface area contributed by atoms with Crippen LogP contribution in [0.2, 0.25) is 0 Å². The van der Waals surface area contributed by atoms with Crippen molar-refractivity contribution in [1.29, 1.82) is 0 Å². The quantitative estimate of drug-likeness (QED) is 0.812. The fraction of sp³-hybridized carbons (Fsp3) is 0.294. The minimum Gasteiger partial charge on any atom is -0.490 e. The zero-order chi connectivity index (χ0) is 16.4. The molecule has 0 saturated heterocycles. The maximum absolute atomic E-state index is 12.4. The Kier molecular flexibility index (Phi) is 4.34. The van der Waals surface area contributed by atoms with E-state index in [1.807, 2.05) is 43.5 Å². The number of nitrogens with zero attached hydrogens (tertiary/aromatic N) is 1. The van der Waals surface area contributed by atoms with Crippen LogP contribution in [-0.2, 0) is 9.53 Å². The van der Waals surface area contributed by atoms with Crippen LogP contribution in [0.3, 0.4) is 0 Å². The molecule has 0 unspecified atom stereocenters. The first kappa shape index (κ1) is 15.6. The highest BCUT2D eigenvalue weighted by molar-refractivity contribution is 7.12. The van der Waals surface area contributed by atoms with Gasteiger partial charge >= 0.3 is 5.97 Å². The van der Waals surface area contributed by atoms with E-state index in [1.165, 1.54) is 11.3 Å². The Balaban J connectivity index is 1.69. The van der Waals surface area contributed by atoms with Crippen LogP contribution in [0.25, 0.3) is 0 Å². The van der Waals surface area contributed by atoms with Gasteiger partial charge in [-0.25, -0.2) is 4.79 Å². The molecule has 0 aliphatic carbocycles. The van der Waals surface area contributed by atoms with Crippen molar-refractivity contribution < 1.29 is 19.1 Å². The SMILES string of the molecule is Cc1ccc2c(c1)N(C(=O)COC(=O)c1sccc1C)CCO2. The summed E-state index contributed by atoms with van der Waals surface area (Å²) >= 11 is 1.32. The van der Waals surface area contributed by atoms with Gasteiger partial charge in [0.05, 0.1) is 12.2 Å². The number of esters is 1. The highest BCUT2D eigenvalue weighted by Crippen LogP contribution is 2.32. The Hall–Kier alpha value is -2.34. The fourth-order valence-electron chi connectivity index (χ4n) is 2.44. The summed E-state index contributed by atoms with van der Waals surface area (Å²) in [6.45, 7) is 4.40. The predicted octanol–water partition coefficient (Wildman–Crippen LogP) is 2.95. The molecule has 2 aromatic rings. The highest BCUT2D eigenvalue weighted by Gasteiger charge is 2.25. The van der Waals surface area contributed by atoms with Gasteiger partial charge < -0.3 is 14.4 Å². The van der Waals surface area contributed by atoms with E-state index in [2.05, 4.69) is 0 Å². The number of fused-ring (bicyclic) bond motifs is 1. The van der Waals surface area contributed by atoms with Gasteiger partial charge in [0.25, 0.3) is 5.91 Å². The third kappa shape index (κ3) is 3.22. The molecule has 0 saturated carbocycles. The Morgan fingerprint density at radius 1 is 1.30 bits per heavy atom. The molecule has 0 spiro atoms. The van der Waals surface area contributed by atoms with Gasteiger partial charge in [-0.1, -0.05) is 6.07 Å². The number of anilines is 1. The van der Waals surface area contributed by atoms with Gasteiger partial charge in [0.2, 0.25) is 0 Å². The standard InChI is InChI=1S/C17H17NO4S/c1-11-3-4-14-13(9-11)18(6-7-21-14)15(19)10-22-17(20)16-12(2)5-8-23-16/h3-5,8-9H,6-7,10H2,1-2H3. The van der Waals surface area contributed by atoms with E-state index < -0.39 is 5.97 Å². The van der Waals surface area contributed by atoms with Crippen LogP contribution >= 0.6 is 11.3 Å². The average molecular weight is 331 g/mol. The van der Waals surface area contributed by atoms with Gasteiger partial charge in [-0.05, 0) is 48.6 Å². The largest absolute Gasteiger partial charge is 0.490 e. The summed E-state index contributed by atoms with van der Waals surface area (Å²) in [7, 11) is 0. The van der Waals surface area contributed by atoms with E-state index in [1.54, 1.807) is 4.90 Å². The lowest BCUT2D eigenvalue weighted by atomic mass is 10.1. The van der Waals surface area contributed by atoms with Crippen molar-refractivity contribution in [3.63, 3.8) is 0 Å². The molecule has 5 nitrogen and oxygen atoms in total. The van der Waals surface area contributed by atoms with Crippen LogP contribution in [0.1, 0.15) is 20.8 Å². The van der Waals surface area contributed by atoms with Crippen molar-refractivity contribution in [2.45, 2.75) is 13.8 Å². The molecule has 0 N–H and O–H groups in total. The molecule has 2 heterocycles. The van der Waals surface area contributed by atoms with Crippen LogP contribution in [0.5, 0.6) is 5.75 Å². The van der Waals surface area contributed by atoms with Crippen molar-refractivity contribution in [3.8, 4) is 5.75 Å². The van der Waals surface area contributed by atoms with Gasteiger partial charge in [0.1, 0.15) is 17.2 Å². The summed E-state index contributed by atoms with van der Waals surface area (Å²) in [5, 5.41) is 1.83. The molecule has 0 bridgehead atoms. The molecular weight excluding hydrogens is 314 g/mol. The molecule has 1 aromatic heterocycles. The highest BCUT2D eigenvalue weighted by atomic mass is 32.1. The second-order valence-electron chi connectivity index (χ2n) is 5.37. The van der Waals surface area contributed by atoms with Crippen molar-refractivity contribution in [1.82, 2.24) is 0 Å². The van der Waals surface area contributed by atoms with Gasteiger partial charge in [0, 0.05) is 0 Å². The van der Waals surface area contributed by atoms with E-state index in [-0.39, 0.29) is 12.5 Å². The first-order chi connectivity index (χ1) is 11.1. The van der Waals surface area contributed by atoms with Crippen molar-refractivity contribution in [3.05, 3.63) is 45.6 Å². The van der Waals surface area contributed by atoms with Gasteiger partial charge in [-0.15, -0.1) is 11.3 Å². The second-order valence-corrected chi connectivity index (χ2v) is 6.29. The number of benzene rings is 1. The summed E-state index contributed by atoms with van der Waals surface area (Å²) in [5.41, 5.74) is 2.63. The Morgan fingerprint density at radius 3 is 2.87 bits per heavy atom. The van der Waals surface area contributed by atoms with Gasteiger partial charge in [-0.2, -0.15) is 0 Å². The number of thiophene rings is 1. The van der Waals surface area contributed by atoms with E-state index in [0.717, 1.165) is 16.8 Å². The molecule has 23 heavy (non-hydrogen) atoms. The molecule has 1 aliphatic heterocycles. The smallest absolute Gasteiger partial charge is 0.349 e. The third-order valence-electron chi connectivity index (χ3n) is 3.65. The fourth-order valence-corrected chi connectivity index (χ4v) is 3.26. The summed E-state index contributed by atoms with van der Waals surface area (Å²) < 4.78 is 10.7. The Labute approximate surface area is 138 Å². The molecule has 0 fully saturated rings. The predicted molar refractivity (Wildman–Crippen MR) is 88.4 cm³/mol. The molecule has 1 amide bonds. The molecule has 1 aromatic carbocycles. The maximum atomic E-state index is 12.4. The lowest BCUT2D eigenvalue weighted by molar-refractivity contribution is -0.121. The number of hydrogen-bond donors (Lipinski definition) is 0. The lowest BCUT2D eigenvalue weighted by Crippen LogP contribution is -2.40. The molecule has 0 atom stereocenters. The zero-order valence-corrected chi connectivity index (χ0v) is 13.8. The van der Waals surface area contributed by atoms with Crippen molar-refractivity contribution in [2.24, 2.45) is 0 Å². The van der Waals surface area contributed by atoms with Crippen molar-refractivity contribution >= 4 is 28.9 Å². The van der Waals surface area contributed by atoms with Gasteiger partial charge in [-0.3, -0.25) is 4.79 Å². The van der Waals surface area contributed by atoms with Crippen LogP contribution in [0, 0.1) is 13.8 Å². The minimum absolute atomic E-state index is 0.247. The van der Waals surface area contributed by atoms with Crippen molar-refractivity contribution in [2.75, 3.05) is 24.7 Å². The maximum Gasteiger partial charge on any atom is 0.349 e. The van der Waals surface area contributed by atoms with Gasteiger partial charge in [0.15, 0.2) is 6.61 Å². The summed E-state index contributed by atoms with van der Waals surface area (Å²) in [6, 6.07) is 7.54. The number of carbonyl (C=O) groups is 2.